The van der Waals surface area contributed by atoms with Crippen LogP contribution in [0.4, 0.5) is 4.79 Å². The number of hydrogen-bond acceptors (Lipinski definition) is 5. The zero-order valence-electron chi connectivity index (χ0n) is 11.9. The molecule has 0 aliphatic carbocycles. The second-order valence-electron chi connectivity index (χ2n) is 4.53. The van der Waals surface area contributed by atoms with Crippen molar-refractivity contribution in [2.75, 3.05) is 32.9 Å². The lowest BCUT2D eigenvalue weighted by Gasteiger charge is -2.35. The molecule has 1 aliphatic rings. The first-order valence-electron chi connectivity index (χ1n) is 6.77. The second-order valence-corrected chi connectivity index (χ2v) is 4.53. The smallest absolute Gasteiger partial charge is 0.326 e. The number of nitrogens with one attached hydrogen (secondary N) is 2. The molecule has 0 saturated carbocycles. The zero-order chi connectivity index (χ0) is 15.8. The average Bonchev–Trinajstić information content (AvgIpc) is 2.46. The standard InChI is InChI=1S/C12H21N3O6/c1-2-13-10(17)9-7-21-6-4-15(9)12(20)14-8(3-5-16)11(18)19/h8-9,16H,2-7H2,1H3,(H,13,17)(H,14,20)(H,18,19). The van der Waals surface area contributed by atoms with Crippen molar-refractivity contribution in [1.29, 1.82) is 0 Å². The zero-order valence-corrected chi connectivity index (χ0v) is 11.9. The number of nitrogens with zero attached hydrogens (tertiary/aromatic N) is 1. The van der Waals surface area contributed by atoms with Crippen LogP contribution in [0.1, 0.15) is 13.3 Å². The third-order valence-corrected chi connectivity index (χ3v) is 3.06. The fraction of sp³-hybridized carbons (Fsp3) is 0.750. The van der Waals surface area contributed by atoms with Crippen molar-refractivity contribution in [1.82, 2.24) is 15.5 Å². The van der Waals surface area contributed by atoms with Gasteiger partial charge in [0.25, 0.3) is 0 Å². The molecule has 0 aromatic rings. The quantitative estimate of drug-likeness (QED) is 0.466. The molecule has 2 unspecified atom stereocenters. The Kier molecular flexibility index (Phi) is 6.89. The van der Waals surface area contributed by atoms with E-state index in [1.165, 1.54) is 4.90 Å². The maximum Gasteiger partial charge on any atom is 0.326 e. The Morgan fingerprint density at radius 3 is 2.71 bits per heavy atom. The van der Waals surface area contributed by atoms with E-state index in [1.807, 2.05) is 0 Å². The normalized spacial score (nSPS) is 19.7. The average molecular weight is 303 g/mol. The number of rotatable bonds is 6. The number of morpholine rings is 1. The predicted molar refractivity (Wildman–Crippen MR) is 71.7 cm³/mol. The topological polar surface area (TPSA) is 128 Å². The van der Waals surface area contributed by atoms with Crippen molar-refractivity contribution >= 4 is 17.9 Å². The summed E-state index contributed by atoms with van der Waals surface area (Å²) in [6, 6.07) is -2.64. The fourth-order valence-electron chi connectivity index (χ4n) is 1.97. The Morgan fingerprint density at radius 1 is 1.43 bits per heavy atom. The summed E-state index contributed by atoms with van der Waals surface area (Å²) in [4.78, 5) is 36.3. The summed E-state index contributed by atoms with van der Waals surface area (Å²) in [5.41, 5.74) is 0. The van der Waals surface area contributed by atoms with E-state index in [1.54, 1.807) is 6.92 Å². The number of carbonyl (C=O) groups is 3. The van der Waals surface area contributed by atoms with E-state index in [-0.39, 0.29) is 38.7 Å². The van der Waals surface area contributed by atoms with Crippen LogP contribution in [0.25, 0.3) is 0 Å². The van der Waals surface area contributed by atoms with Crippen LogP contribution >= 0.6 is 0 Å². The summed E-state index contributed by atoms with van der Waals surface area (Å²) in [6.45, 7) is 2.36. The molecule has 0 bridgehead atoms. The van der Waals surface area contributed by atoms with Crippen LogP contribution in [0.3, 0.4) is 0 Å². The van der Waals surface area contributed by atoms with E-state index in [4.69, 9.17) is 14.9 Å². The molecule has 4 N–H and O–H groups in total. The minimum absolute atomic E-state index is 0.0665. The predicted octanol–water partition coefficient (Wildman–Crippen LogP) is -1.63. The number of aliphatic hydroxyl groups excluding tert-OH is 1. The van der Waals surface area contributed by atoms with E-state index in [9.17, 15) is 14.4 Å². The highest BCUT2D eigenvalue weighted by Crippen LogP contribution is 2.08. The number of aliphatic carboxylic acids is 1. The highest BCUT2D eigenvalue weighted by molar-refractivity contribution is 5.89. The number of amides is 3. The Labute approximate surface area is 122 Å². The third kappa shape index (κ3) is 4.87. The molecule has 3 amide bonds. The van der Waals surface area contributed by atoms with Crippen LogP contribution < -0.4 is 10.6 Å². The summed E-state index contributed by atoms with van der Waals surface area (Å²) in [6.07, 6.45) is -0.1000. The van der Waals surface area contributed by atoms with Crippen LogP contribution in [0.2, 0.25) is 0 Å². The highest BCUT2D eigenvalue weighted by Gasteiger charge is 2.34. The van der Waals surface area contributed by atoms with E-state index in [2.05, 4.69) is 10.6 Å². The van der Waals surface area contributed by atoms with Gasteiger partial charge in [-0.25, -0.2) is 9.59 Å². The summed E-state index contributed by atoms with van der Waals surface area (Å²) in [7, 11) is 0. The minimum atomic E-state index is -1.24. The van der Waals surface area contributed by atoms with Gasteiger partial charge >= 0.3 is 12.0 Å². The van der Waals surface area contributed by atoms with Crippen molar-refractivity contribution in [3.8, 4) is 0 Å². The van der Waals surface area contributed by atoms with Crippen molar-refractivity contribution < 1.29 is 29.3 Å². The number of ether oxygens (including phenoxy) is 1. The van der Waals surface area contributed by atoms with Gasteiger partial charge < -0.3 is 30.5 Å². The molecule has 1 fully saturated rings. The van der Waals surface area contributed by atoms with Crippen LogP contribution in [0.15, 0.2) is 0 Å². The number of carboxylic acid groups (broad SMARTS) is 1. The first kappa shape index (κ1) is 17.2. The van der Waals surface area contributed by atoms with Crippen molar-refractivity contribution in [2.24, 2.45) is 0 Å². The van der Waals surface area contributed by atoms with Gasteiger partial charge in [-0.15, -0.1) is 0 Å². The lowest BCUT2D eigenvalue weighted by molar-refractivity contribution is -0.139. The van der Waals surface area contributed by atoms with Gasteiger partial charge in [-0.3, -0.25) is 4.79 Å². The summed E-state index contributed by atoms with van der Waals surface area (Å²) in [5.74, 6) is -1.58. The van der Waals surface area contributed by atoms with E-state index in [0.717, 1.165) is 0 Å². The van der Waals surface area contributed by atoms with Crippen LogP contribution in [-0.4, -0.2) is 78.0 Å². The monoisotopic (exact) mass is 303 g/mol. The Morgan fingerprint density at radius 2 is 2.14 bits per heavy atom. The SMILES string of the molecule is CCNC(=O)C1COCCN1C(=O)NC(CCO)C(=O)O. The lowest BCUT2D eigenvalue weighted by Crippen LogP contribution is -2.60. The maximum atomic E-state index is 12.1. The summed E-state index contributed by atoms with van der Waals surface area (Å²) >= 11 is 0. The fourth-order valence-corrected chi connectivity index (χ4v) is 1.97. The number of urea groups is 1. The van der Waals surface area contributed by atoms with Gasteiger partial charge in [0, 0.05) is 26.1 Å². The van der Waals surface area contributed by atoms with Crippen molar-refractivity contribution in [3.05, 3.63) is 0 Å². The lowest BCUT2D eigenvalue weighted by atomic mass is 10.2. The number of carbonyl (C=O) groups excluding carboxylic acids is 2. The maximum absolute atomic E-state index is 12.1. The van der Waals surface area contributed by atoms with E-state index >= 15 is 0 Å². The molecule has 2 atom stereocenters. The Hall–Kier alpha value is -1.87. The molecular weight excluding hydrogens is 282 g/mol. The van der Waals surface area contributed by atoms with Gasteiger partial charge in [0.15, 0.2) is 0 Å². The van der Waals surface area contributed by atoms with Gasteiger partial charge in [-0.1, -0.05) is 0 Å². The molecule has 0 aromatic heterocycles. The van der Waals surface area contributed by atoms with Gasteiger partial charge in [-0.05, 0) is 6.92 Å². The molecule has 1 aliphatic heterocycles. The van der Waals surface area contributed by atoms with Crippen LogP contribution in [0.5, 0.6) is 0 Å². The molecule has 120 valence electrons. The first-order valence-corrected chi connectivity index (χ1v) is 6.77. The van der Waals surface area contributed by atoms with E-state index in [0.29, 0.717) is 6.54 Å². The first-order chi connectivity index (χ1) is 10.0. The Balaban J connectivity index is 2.72. The highest BCUT2D eigenvalue weighted by atomic mass is 16.5. The Bertz CT molecular complexity index is 389. The molecule has 21 heavy (non-hydrogen) atoms. The van der Waals surface area contributed by atoms with Crippen LogP contribution in [0, 0.1) is 0 Å². The molecule has 0 radical (unpaired) electrons. The molecule has 0 spiro atoms. The molecule has 9 heteroatoms. The van der Waals surface area contributed by atoms with Crippen molar-refractivity contribution in [3.63, 3.8) is 0 Å². The van der Waals surface area contributed by atoms with Gasteiger partial charge in [0.2, 0.25) is 5.91 Å². The number of carboxylic acids is 1. The second kappa shape index (κ2) is 8.42. The van der Waals surface area contributed by atoms with E-state index < -0.39 is 24.1 Å². The molecule has 9 nitrogen and oxygen atoms in total. The largest absolute Gasteiger partial charge is 0.480 e. The van der Waals surface area contributed by atoms with Crippen LogP contribution in [-0.2, 0) is 14.3 Å². The van der Waals surface area contributed by atoms with Crippen molar-refractivity contribution in [2.45, 2.75) is 25.4 Å². The van der Waals surface area contributed by atoms with Gasteiger partial charge in [0.05, 0.1) is 13.2 Å². The molecular formula is C12H21N3O6. The van der Waals surface area contributed by atoms with Gasteiger partial charge in [0.1, 0.15) is 12.1 Å². The summed E-state index contributed by atoms with van der Waals surface area (Å²) < 4.78 is 5.19. The number of hydrogen-bond donors (Lipinski definition) is 4. The number of aliphatic hydroxyl groups is 1. The summed E-state index contributed by atoms with van der Waals surface area (Å²) in [5, 5.41) is 22.7. The number of likely N-dealkylation sites (N-methyl/N-ethyl adjacent to an activating group) is 1. The molecule has 1 heterocycles. The molecule has 0 aromatic carbocycles. The molecule has 1 rings (SSSR count). The molecule has 1 saturated heterocycles. The van der Waals surface area contributed by atoms with Gasteiger partial charge in [-0.2, -0.15) is 0 Å². The minimum Gasteiger partial charge on any atom is -0.480 e. The third-order valence-electron chi connectivity index (χ3n) is 3.06.